The smallest absolute Gasteiger partial charge is 0.265 e. The molecule has 0 atom stereocenters. The first-order valence-corrected chi connectivity index (χ1v) is 9.27. The maximum absolute atomic E-state index is 12.9. The van der Waals surface area contributed by atoms with Crippen molar-refractivity contribution >= 4 is 27.0 Å². The molecule has 0 aliphatic carbocycles. The summed E-state index contributed by atoms with van der Waals surface area (Å²) in [5.41, 5.74) is 6.28. The van der Waals surface area contributed by atoms with E-state index in [1.54, 1.807) is 11.4 Å². The predicted molar refractivity (Wildman–Crippen MR) is 88.1 cm³/mol. The number of nitrogens with two attached hydrogens (primary N) is 1. The van der Waals surface area contributed by atoms with Crippen LogP contribution < -0.4 is 10.0 Å². The van der Waals surface area contributed by atoms with E-state index in [1.807, 2.05) is 37.3 Å². The third-order valence-electron chi connectivity index (χ3n) is 3.18. The molecule has 21 heavy (non-hydrogen) atoms. The molecule has 0 aliphatic heterocycles. The van der Waals surface area contributed by atoms with E-state index in [0.717, 1.165) is 17.7 Å². The van der Waals surface area contributed by atoms with E-state index in [-0.39, 0.29) is 0 Å². The normalized spacial score (nSPS) is 11.5. The zero-order chi connectivity index (χ0) is 15.3. The van der Waals surface area contributed by atoms with E-state index in [1.165, 1.54) is 15.6 Å². The molecule has 0 bridgehead atoms. The third-order valence-corrected chi connectivity index (χ3v) is 6.09. The molecule has 1 aromatic heterocycles. The Balaban J connectivity index is 2.39. The molecule has 0 radical (unpaired) electrons. The summed E-state index contributed by atoms with van der Waals surface area (Å²) >= 11 is 1.38. The lowest BCUT2D eigenvalue weighted by atomic mass is 10.3. The molecule has 0 amide bonds. The molecule has 1 heterocycles. The summed E-state index contributed by atoms with van der Waals surface area (Å²) < 4.78 is 27.2. The van der Waals surface area contributed by atoms with Crippen molar-refractivity contribution in [2.45, 2.75) is 31.2 Å². The molecule has 114 valence electrons. The molecule has 0 aliphatic rings. The second-order valence-electron chi connectivity index (χ2n) is 4.72. The summed E-state index contributed by atoms with van der Waals surface area (Å²) in [6.45, 7) is 2.89. The number of rotatable bonds is 7. The number of benzene rings is 1. The van der Waals surface area contributed by atoms with Crippen molar-refractivity contribution in [3.8, 4) is 0 Å². The van der Waals surface area contributed by atoms with Crippen molar-refractivity contribution in [2.24, 2.45) is 5.73 Å². The number of para-hydroxylation sites is 1. The van der Waals surface area contributed by atoms with Crippen LogP contribution in [0.4, 0.5) is 5.69 Å². The molecule has 0 unspecified atom stereocenters. The first-order chi connectivity index (χ1) is 10.1. The highest BCUT2D eigenvalue weighted by molar-refractivity contribution is 7.93. The van der Waals surface area contributed by atoms with E-state index in [0.29, 0.717) is 23.7 Å². The van der Waals surface area contributed by atoms with Crippen LogP contribution in [0.25, 0.3) is 0 Å². The molecule has 0 fully saturated rings. The number of hydrogen-bond donors (Lipinski definition) is 1. The van der Waals surface area contributed by atoms with Crippen molar-refractivity contribution in [3.63, 3.8) is 0 Å². The summed E-state index contributed by atoms with van der Waals surface area (Å²) in [7, 11) is -3.53. The summed E-state index contributed by atoms with van der Waals surface area (Å²) in [6.07, 6.45) is 1.76. The molecule has 1 aromatic carbocycles. The van der Waals surface area contributed by atoms with Gasteiger partial charge in [0.15, 0.2) is 0 Å². The summed E-state index contributed by atoms with van der Waals surface area (Å²) in [6, 6.07) is 10.9. The summed E-state index contributed by atoms with van der Waals surface area (Å²) in [5.74, 6) is 0. The van der Waals surface area contributed by atoms with Gasteiger partial charge in [-0.1, -0.05) is 31.5 Å². The Hall–Kier alpha value is -1.37. The maximum atomic E-state index is 12.9. The third kappa shape index (κ3) is 3.64. The number of hydrogen-bond acceptors (Lipinski definition) is 4. The van der Waals surface area contributed by atoms with Gasteiger partial charge in [-0.05, 0) is 24.6 Å². The zero-order valence-corrected chi connectivity index (χ0v) is 13.7. The maximum Gasteiger partial charge on any atom is 0.265 e. The number of thiophene rings is 1. The van der Waals surface area contributed by atoms with Gasteiger partial charge < -0.3 is 5.73 Å². The van der Waals surface area contributed by atoms with E-state index in [9.17, 15) is 8.42 Å². The minimum absolute atomic E-state index is 0.327. The van der Waals surface area contributed by atoms with Gasteiger partial charge in [-0.15, -0.1) is 11.3 Å². The molecule has 2 rings (SSSR count). The molecule has 6 heteroatoms. The van der Waals surface area contributed by atoms with Crippen molar-refractivity contribution in [2.75, 3.05) is 10.8 Å². The van der Waals surface area contributed by atoms with Gasteiger partial charge in [-0.2, -0.15) is 0 Å². The standard InChI is InChI=1S/C15H20N2O2S2/c1-2-3-9-17(13-7-5-4-6-8-13)21(18,19)15-10-14(11-16)20-12-15/h4-8,10,12H,2-3,9,11,16H2,1H3. The number of unbranched alkanes of at least 4 members (excludes halogenated alkanes) is 1. The van der Waals surface area contributed by atoms with Crippen molar-refractivity contribution in [1.29, 1.82) is 0 Å². The monoisotopic (exact) mass is 324 g/mol. The highest BCUT2D eigenvalue weighted by Crippen LogP contribution is 2.27. The molecule has 0 saturated heterocycles. The number of sulfonamides is 1. The fourth-order valence-electron chi connectivity index (χ4n) is 2.01. The minimum atomic E-state index is -3.53. The van der Waals surface area contributed by atoms with Gasteiger partial charge >= 0.3 is 0 Å². The van der Waals surface area contributed by atoms with Crippen LogP contribution in [0, 0.1) is 0 Å². The topological polar surface area (TPSA) is 63.4 Å². The van der Waals surface area contributed by atoms with Crippen molar-refractivity contribution < 1.29 is 8.42 Å². The van der Waals surface area contributed by atoms with Crippen molar-refractivity contribution in [3.05, 3.63) is 46.7 Å². The quantitative estimate of drug-likeness (QED) is 0.850. The largest absolute Gasteiger partial charge is 0.326 e. The van der Waals surface area contributed by atoms with Gasteiger partial charge in [0.2, 0.25) is 0 Å². The SMILES string of the molecule is CCCCN(c1ccccc1)S(=O)(=O)c1csc(CN)c1. The molecule has 0 saturated carbocycles. The van der Waals surface area contributed by atoms with Crippen LogP contribution in [0.1, 0.15) is 24.6 Å². The van der Waals surface area contributed by atoms with Gasteiger partial charge in [-0.25, -0.2) is 8.42 Å². The lowest BCUT2D eigenvalue weighted by molar-refractivity contribution is 0.589. The van der Waals surface area contributed by atoms with Gasteiger partial charge in [0.05, 0.1) is 10.6 Å². The highest BCUT2D eigenvalue weighted by atomic mass is 32.2. The van der Waals surface area contributed by atoms with Gasteiger partial charge in [0.1, 0.15) is 0 Å². The number of anilines is 1. The number of nitrogens with zero attached hydrogens (tertiary/aromatic N) is 1. The Morgan fingerprint density at radius 3 is 2.52 bits per heavy atom. The lowest BCUT2D eigenvalue weighted by Crippen LogP contribution is -2.31. The molecule has 2 N–H and O–H groups in total. The van der Waals surface area contributed by atoms with Crippen LogP contribution in [0.3, 0.4) is 0 Å². The van der Waals surface area contributed by atoms with E-state index >= 15 is 0 Å². The molecule has 0 spiro atoms. The van der Waals surface area contributed by atoms with Crippen LogP contribution in [0.15, 0.2) is 46.7 Å². The lowest BCUT2D eigenvalue weighted by Gasteiger charge is -2.23. The van der Waals surface area contributed by atoms with Crippen LogP contribution in [0.2, 0.25) is 0 Å². The van der Waals surface area contributed by atoms with Crippen LogP contribution in [-0.2, 0) is 16.6 Å². The van der Waals surface area contributed by atoms with E-state index < -0.39 is 10.0 Å². The van der Waals surface area contributed by atoms with E-state index in [4.69, 9.17) is 5.73 Å². The van der Waals surface area contributed by atoms with Crippen LogP contribution in [0.5, 0.6) is 0 Å². The molecule has 4 nitrogen and oxygen atoms in total. The van der Waals surface area contributed by atoms with Gasteiger partial charge in [0, 0.05) is 23.3 Å². The first kappa shape index (κ1) is 16.0. The second kappa shape index (κ2) is 7.06. The van der Waals surface area contributed by atoms with E-state index in [2.05, 4.69) is 0 Å². The molecular formula is C15H20N2O2S2. The predicted octanol–water partition coefficient (Wildman–Crippen LogP) is 3.20. The fourth-order valence-corrected chi connectivity index (χ4v) is 4.66. The highest BCUT2D eigenvalue weighted by Gasteiger charge is 2.25. The Bertz CT molecular complexity index is 666. The zero-order valence-electron chi connectivity index (χ0n) is 12.0. The Morgan fingerprint density at radius 2 is 1.95 bits per heavy atom. The Morgan fingerprint density at radius 1 is 1.24 bits per heavy atom. The summed E-state index contributed by atoms with van der Waals surface area (Å²) in [5, 5.41) is 1.67. The van der Waals surface area contributed by atoms with Crippen LogP contribution >= 0.6 is 11.3 Å². The molecular weight excluding hydrogens is 304 g/mol. The van der Waals surface area contributed by atoms with Crippen molar-refractivity contribution in [1.82, 2.24) is 0 Å². The Kier molecular flexibility index (Phi) is 5.39. The first-order valence-electron chi connectivity index (χ1n) is 6.95. The average Bonchev–Trinajstić information content (AvgIpc) is 2.98. The average molecular weight is 324 g/mol. The van der Waals surface area contributed by atoms with Gasteiger partial charge in [0.25, 0.3) is 10.0 Å². The second-order valence-corrected chi connectivity index (χ2v) is 7.58. The van der Waals surface area contributed by atoms with Crippen LogP contribution in [-0.4, -0.2) is 15.0 Å². The Labute approximate surface area is 130 Å². The minimum Gasteiger partial charge on any atom is -0.326 e. The fraction of sp³-hybridized carbons (Fsp3) is 0.333. The van der Waals surface area contributed by atoms with Gasteiger partial charge in [-0.3, -0.25) is 4.31 Å². The molecule has 2 aromatic rings. The summed E-state index contributed by atoms with van der Waals surface area (Å²) in [4.78, 5) is 1.20.